The number of nitrogens with zero attached hydrogens (tertiary/aromatic N) is 3. The van der Waals surface area contributed by atoms with Crippen molar-refractivity contribution in [1.82, 2.24) is 15.0 Å². The minimum Gasteiger partial charge on any atom is -0.323 e. The maximum absolute atomic E-state index is 12.4. The average Bonchev–Trinajstić information content (AvgIpc) is 3.03. The zero-order valence-electron chi connectivity index (χ0n) is 13.3. The predicted molar refractivity (Wildman–Crippen MR) is 105 cm³/mol. The Morgan fingerprint density at radius 1 is 1.08 bits per heavy atom. The molecule has 2 amide bonds. The van der Waals surface area contributed by atoms with Gasteiger partial charge in [-0.1, -0.05) is 28.1 Å². The number of imidazole rings is 1. The normalized spacial score (nSPS) is 15.0. The van der Waals surface area contributed by atoms with Crippen LogP contribution in [0.3, 0.4) is 0 Å². The fourth-order valence-electron chi connectivity index (χ4n) is 2.67. The number of carbonyl (C=O) groups excluding carboxylic acids is 2. The molecule has 2 heterocycles. The second kappa shape index (κ2) is 6.50. The molecule has 1 aromatic heterocycles. The van der Waals surface area contributed by atoms with Gasteiger partial charge in [0, 0.05) is 4.47 Å². The van der Waals surface area contributed by atoms with Crippen LogP contribution in [0.25, 0.3) is 11.0 Å². The zero-order chi connectivity index (χ0) is 18.3. The Labute approximate surface area is 162 Å². The van der Waals surface area contributed by atoms with E-state index in [0.29, 0.717) is 11.6 Å². The number of hydrazine groups is 1. The fraction of sp³-hybridized carbons (Fsp3) is 0.0588. The van der Waals surface area contributed by atoms with Crippen molar-refractivity contribution in [2.75, 3.05) is 10.3 Å². The summed E-state index contributed by atoms with van der Waals surface area (Å²) in [7, 11) is 0. The first-order chi connectivity index (χ1) is 12.5. The highest BCUT2D eigenvalue weighted by atomic mass is 79.9. The first kappa shape index (κ1) is 16.7. The number of hydrogen-bond donors (Lipinski definition) is 2. The number of amides is 2. The second-order valence-corrected chi connectivity index (χ2v) is 6.89. The minimum absolute atomic E-state index is 0.0500. The summed E-state index contributed by atoms with van der Waals surface area (Å²) in [4.78, 5) is 33.5. The molecule has 2 N–H and O–H groups in total. The van der Waals surface area contributed by atoms with Crippen molar-refractivity contribution in [2.45, 2.75) is 6.42 Å². The van der Waals surface area contributed by atoms with E-state index in [1.165, 1.54) is 4.90 Å². The molecule has 26 heavy (non-hydrogen) atoms. The van der Waals surface area contributed by atoms with E-state index < -0.39 is 5.91 Å². The lowest BCUT2D eigenvalue weighted by molar-refractivity contribution is -0.132. The number of benzene rings is 2. The lowest BCUT2D eigenvalue weighted by Crippen LogP contribution is -2.57. The van der Waals surface area contributed by atoms with Gasteiger partial charge in [-0.2, -0.15) is 5.01 Å². The highest BCUT2D eigenvalue weighted by molar-refractivity contribution is 9.10. The monoisotopic (exact) mass is 429 g/mol. The van der Waals surface area contributed by atoms with Crippen molar-refractivity contribution < 1.29 is 9.59 Å². The summed E-state index contributed by atoms with van der Waals surface area (Å²) in [6.07, 6.45) is -0.288. The Hall–Kier alpha value is -2.78. The molecule has 7 nitrogen and oxygen atoms in total. The molecule has 0 atom stereocenters. The largest absolute Gasteiger partial charge is 0.323 e. The number of rotatable bonds is 3. The van der Waals surface area contributed by atoms with Crippen LogP contribution in [0.2, 0.25) is 0 Å². The lowest BCUT2D eigenvalue weighted by Gasteiger charge is -2.35. The third kappa shape index (κ3) is 2.95. The number of thiocarbonyl (C=S) groups is 1. The predicted octanol–water partition coefficient (Wildman–Crippen LogP) is 3.20. The van der Waals surface area contributed by atoms with Gasteiger partial charge in [-0.25, -0.2) is 4.98 Å². The van der Waals surface area contributed by atoms with E-state index in [4.69, 9.17) is 12.2 Å². The van der Waals surface area contributed by atoms with Gasteiger partial charge >= 0.3 is 0 Å². The molecule has 0 saturated carbocycles. The maximum Gasteiger partial charge on any atom is 0.257 e. The molecule has 130 valence electrons. The van der Waals surface area contributed by atoms with Crippen LogP contribution in [0, 0.1) is 0 Å². The summed E-state index contributed by atoms with van der Waals surface area (Å²) >= 11 is 8.75. The molecule has 0 spiro atoms. The molecule has 9 heteroatoms. The summed E-state index contributed by atoms with van der Waals surface area (Å²) < 4.78 is 0.880. The van der Waals surface area contributed by atoms with E-state index in [0.717, 1.165) is 20.5 Å². The fourth-order valence-corrected chi connectivity index (χ4v) is 3.29. The van der Waals surface area contributed by atoms with Crippen LogP contribution in [0.5, 0.6) is 0 Å². The quantitative estimate of drug-likeness (QED) is 0.493. The van der Waals surface area contributed by atoms with E-state index in [-0.39, 0.29) is 17.4 Å². The van der Waals surface area contributed by atoms with Gasteiger partial charge in [-0.3, -0.25) is 19.9 Å². The molecule has 4 rings (SSSR count). The summed E-state index contributed by atoms with van der Waals surface area (Å²) in [6, 6.07) is 14.6. The molecule has 1 saturated heterocycles. The number of nitrogens with one attached hydrogen (secondary N) is 2. The van der Waals surface area contributed by atoms with E-state index in [2.05, 4.69) is 31.3 Å². The molecular weight excluding hydrogens is 418 g/mol. The number of halogens is 1. The van der Waals surface area contributed by atoms with Crippen molar-refractivity contribution >= 4 is 67.7 Å². The smallest absolute Gasteiger partial charge is 0.257 e. The average molecular weight is 430 g/mol. The van der Waals surface area contributed by atoms with Gasteiger partial charge in [0.1, 0.15) is 6.42 Å². The molecule has 1 aliphatic rings. The Balaban J connectivity index is 1.64. The van der Waals surface area contributed by atoms with Crippen molar-refractivity contribution in [3.63, 3.8) is 0 Å². The van der Waals surface area contributed by atoms with Crippen molar-refractivity contribution in [3.8, 4) is 0 Å². The van der Waals surface area contributed by atoms with Crippen LogP contribution >= 0.6 is 28.1 Å². The Bertz CT molecular complexity index is 1000. The molecule has 0 aliphatic carbocycles. The van der Waals surface area contributed by atoms with Gasteiger partial charge in [-0.05, 0) is 48.6 Å². The van der Waals surface area contributed by atoms with Crippen molar-refractivity contribution in [1.29, 1.82) is 0 Å². The van der Waals surface area contributed by atoms with Crippen LogP contribution in [-0.4, -0.2) is 31.9 Å². The minimum atomic E-state index is -0.436. The van der Waals surface area contributed by atoms with Crippen LogP contribution in [-0.2, 0) is 9.59 Å². The standard InChI is InChI=1S/C17H12BrN5O2S/c18-10-5-7-11(8-6-10)22-14(24)9-15(25)23(17(22)26)21-16-19-12-3-1-2-4-13(12)20-16/h1-8H,9H2,(H2,19,20,21). The van der Waals surface area contributed by atoms with Crippen LogP contribution in [0.1, 0.15) is 6.42 Å². The van der Waals surface area contributed by atoms with Gasteiger partial charge in [0.25, 0.3) is 5.91 Å². The molecule has 0 unspecified atom stereocenters. The summed E-state index contributed by atoms with van der Waals surface area (Å²) in [6.45, 7) is 0. The van der Waals surface area contributed by atoms with Crippen molar-refractivity contribution in [3.05, 3.63) is 53.0 Å². The van der Waals surface area contributed by atoms with Crippen LogP contribution in [0.4, 0.5) is 11.6 Å². The highest BCUT2D eigenvalue weighted by Gasteiger charge is 2.36. The lowest BCUT2D eigenvalue weighted by atomic mass is 10.2. The number of para-hydroxylation sites is 2. The van der Waals surface area contributed by atoms with Crippen LogP contribution in [0.15, 0.2) is 53.0 Å². The molecule has 3 aromatic rings. The maximum atomic E-state index is 12.4. The third-order valence-electron chi connectivity index (χ3n) is 3.88. The molecule has 1 fully saturated rings. The topological polar surface area (TPSA) is 81.3 Å². The first-order valence-corrected chi connectivity index (χ1v) is 8.90. The molecule has 2 aromatic carbocycles. The SMILES string of the molecule is O=C1CC(=O)N(c2ccc(Br)cc2)C(=S)N1Nc1nc2ccccc2[nH]1. The number of aromatic nitrogens is 2. The number of hydrogen-bond acceptors (Lipinski definition) is 5. The summed E-state index contributed by atoms with van der Waals surface area (Å²) in [5.41, 5.74) is 5.05. The Kier molecular flexibility index (Phi) is 4.17. The first-order valence-electron chi connectivity index (χ1n) is 7.70. The van der Waals surface area contributed by atoms with Gasteiger partial charge in [0.05, 0.1) is 16.7 Å². The number of anilines is 2. The number of carbonyl (C=O) groups is 2. The Morgan fingerprint density at radius 2 is 1.81 bits per heavy atom. The molecule has 0 bridgehead atoms. The van der Waals surface area contributed by atoms with Gasteiger partial charge in [-0.15, -0.1) is 0 Å². The van der Waals surface area contributed by atoms with Gasteiger partial charge in [0.2, 0.25) is 17.0 Å². The summed E-state index contributed by atoms with van der Waals surface area (Å²) in [5.74, 6) is -0.439. The Morgan fingerprint density at radius 3 is 2.54 bits per heavy atom. The molecule has 1 aliphatic heterocycles. The second-order valence-electron chi connectivity index (χ2n) is 5.61. The van der Waals surface area contributed by atoms with E-state index in [1.807, 2.05) is 24.3 Å². The van der Waals surface area contributed by atoms with Gasteiger partial charge < -0.3 is 4.98 Å². The summed E-state index contributed by atoms with van der Waals surface area (Å²) in [5, 5.41) is 1.21. The van der Waals surface area contributed by atoms with E-state index >= 15 is 0 Å². The van der Waals surface area contributed by atoms with Crippen LogP contribution < -0.4 is 10.3 Å². The molecular formula is C17H12BrN5O2S. The molecule has 0 radical (unpaired) electrons. The zero-order valence-corrected chi connectivity index (χ0v) is 15.7. The van der Waals surface area contributed by atoms with E-state index in [9.17, 15) is 9.59 Å². The van der Waals surface area contributed by atoms with Gasteiger partial charge in [0.15, 0.2) is 0 Å². The number of aromatic amines is 1. The number of H-pyrrole nitrogens is 1. The van der Waals surface area contributed by atoms with E-state index in [1.54, 1.807) is 24.3 Å². The highest BCUT2D eigenvalue weighted by Crippen LogP contribution is 2.24. The van der Waals surface area contributed by atoms with Crippen molar-refractivity contribution in [2.24, 2.45) is 0 Å². The third-order valence-corrected chi connectivity index (χ3v) is 4.77. The number of fused-ring (bicyclic) bond motifs is 1.